The molecule has 0 bridgehead atoms. The SMILES string of the molecule is N=C(N)c1ccc(C(F)(F)F)nc1Sc1ccccc1Br. The van der Waals surface area contributed by atoms with Crippen molar-refractivity contribution in [2.24, 2.45) is 5.73 Å². The second-order valence-corrected chi connectivity index (χ2v) is 5.88. The van der Waals surface area contributed by atoms with E-state index in [9.17, 15) is 13.2 Å². The predicted octanol–water partition coefficient (Wildman–Crippen LogP) is 4.30. The number of pyridine rings is 1. The summed E-state index contributed by atoms with van der Waals surface area (Å²) >= 11 is 4.34. The number of hydrogen-bond donors (Lipinski definition) is 2. The van der Waals surface area contributed by atoms with Gasteiger partial charge in [0.1, 0.15) is 16.6 Å². The fraction of sp³-hybridized carbons (Fsp3) is 0.0769. The summed E-state index contributed by atoms with van der Waals surface area (Å²) in [6.07, 6.45) is -4.54. The predicted molar refractivity (Wildman–Crippen MR) is 78.5 cm³/mol. The Morgan fingerprint density at radius 3 is 2.43 bits per heavy atom. The topological polar surface area (TPSA) is 62.8 Å². The van der Waals surface area contributed by atoms with Crippen molar-refractivity contribution in [2.45, 2.75) is 16.1 Å². The average molecular weight is 376 g/mol. The molecule has 1 aromatic carbocycles. The molecule has 3 nitrogen and oxygen atoms in total. The van der Waals surface area contributed by atoms with E-state index in [0.29, 0.717) is 4.90 Å². The highest BCUT2D eigenvalue weighted by molar-refractivity contribution is 9.10. The zero-order chi connectivity index (χ0) is 15.6. The van der Waals surface area contributed by atoms with Gasteiger partial charge in [-0.1, -0.05) is 23.9 Å². The smallest absolute Gasteiger partial charge is 0.384 e. The molecule has 0 aliphatic rings. The van der Waals surface area contributed by atoms with Gasteiger partial charge in [0.15, 0.2) is 0 Å². The van der Waals surface area contributed by atoms with Crippen LogP contribution in [0.15, 0.2) is 50.8 Å². The first-order valence-electron chi connectivity index (χ1n) is 5.64. The molecule has 3 N–H and O–H groups in total. The Morgan fingerprint density at radius 2 is 1.86 bits per heavy atom. The maximum atomic E-state index is 12.8. The number of benzene rings is 1. The molecule has 0 fully saturated rings. The van der Waals surface area contributed by atoms with E-state index in [2.05, 4.69) is 20.9 Å². The zero-order valence-electron chi connectivity index (χ0n) is 10.4. The molecule has 2 aromatic rings. The molecule has 0 amide bonds. The number of amidine groups is 1. The quantitative estimate of drug-likeness (QED) is 0.620. The standard InChI is InChI=1S/C13H9BrF3N3S/c14-8-3-1-2-4-9(8)21-12-7(11(18)19)5-6-10(20-12)13(15,16)17/h1-6H,(H3,18,19). The number of nitrogens with zero attached hydrogens (tertiary/aromatic N) is 1. The third-order valence-corrected chi connectivity index (χ3v) is 4.52. The second-order valence-electron chi connectivity index (χ2n) is 3.99. The van der Waals surface area contributed by atoms with Crippen molar-refractivity contribution in [3.05, 3.63) is 52.1 Å². The zero-order valence-corrected chi connectivity index (χ0v) is 12.8. The van der Waals surface area contributed by atoms with Crippen LogP contribution in [0.1, 0.15) is 11.3 Å². The van der Waals surface area contributed by atoms with Gasteiger partial charge >= 0.3 is 6.18 Å². The van der Waals surface area contributed by atoms with Gasteiger partial charge in [-0.3, -0.25) is 5.41 Å². The van der Waals surface area contributed by atoms with Gasteiger partial charge < -0.3 is 5.73 Å². The summed E-state index contributed by atoms with van der Waals surface area (Å²) in [5, 5.41) is 7.50. The minimum Gasteiger partial charge on any atom is -0.384 e. The molecule has 1 heterocycles. The van der Waals surface area contributed by atoms with Gasteiger partial charge in [0.2, 0.25) is 0 Å². The van der Waals surface area contributed by atoms with Crippen molar-refractivity contribution in [3.8, 4) is 0 Å². The van der Waals surface area contributed by atoms with E-state index in [-0.39, 0.29) is 16.4 Å². The third kappa shape index (κ3) is 3.76. The molecular formula is C13H9BrF3N3S. The first kappa shape index (κ1) is 15.8. The van der Waals surface area contributed by atoms with E-state index in [1.54, 1.807) is 24.3 Å². The largest absolute Gasteiger partial charge is 0.433 e. The van der Waals surface area contributed by atoms with Crippen LogP contribution in [-0.2, 0) is 6.18 Å². The molecule has 2 rings (SSSR count). The van der Waals surface area contributed by atoms with Gasteiger partial charge in [0, 0.05) is 14.9 Å². The second kappa shape index (κ2) is 6.07. The van der Waals surface area contributed by atoms with Gasteiger partial charge in [-0.05, 0) is 40.2 Å². The van der Waals surface area contributed by atoms with Crippen LogP contribution in [0.5, 0.6) is 0 Å². The Bertz CT molecular complexity index is 689. The Kier molecular flexibility index (Phi) is 4.58. The van der Waals surface area contributed by atoms with E-state index < -0.39 is 11.9 Å². The molecule has 0 radical (unpaired) electrons. The molecule has 0 atom stereocenters. The highest BCUT2D eigenvalue weighted by Gasteiger charge is 2.33. The summed E-state index contributed by atoms with van der Waals surface area (Å²) < 4.78 is 39.0. The van der Waals surface area contributed by atoms with E-state index in [0.717, 1.165) is 28.4 Å². The minimum absolute atomic E-state index is 0.0456. The average Bonchev–Trinajstić information content (AvgIpc) is 2.40. The van der Waals surface area contributed by atoms with Crippen molar-refractivity contribution in [2.75, 3.05) is 0 Å². The summed E-state index contributed by atoms with van der Waals surface area (Å²) in [4.78, 5) is 4.28. The van der Waals surface area contributed by atoms with Crippen LogP contribution in [0.3, 0.4) is 0 Å². The van der Waals surface area contributed by atoms with Crippen LogP contribution in [0.2, 0.25) is 0 Å². The van der Waals surface area contributed by atoms with Crippen molar-refractivity contribution < 1.29 is 13.2 Å². The van der Waals surface area contributed by atoms with Crippen LogP contribution in [-0.4, -0.2) is 10.8 Å². The highest BCUT2D eigenvalue weighted by Crippen LogP contribution is 2.36. The normalized spacial score (nSPS) is 11.4. The lowest BCUT2D eigenvalue weighted by molar-refractivity contribution is -0.141. The molecule has 0 saturated heterocycles. The number of rotatable bonds is 3. The van der Waals surface area contributed by atoms with E-state index >= 15 is 0 Å². The lowest BCUT2D eigenvalue weighted by Crippen LogP contribution is -2.16. The van der Waals surface area contributed by atoms with Gasteiger partial charge in [0.05, 0.1) is 0 Å². The fourth-order valence-corrected chi connectivity index (χ4v) is 2.99. The van der Waals surface area contributed by atoms with Crippen molar-refractivity contribution in [3.63, 3.8) is 0 Å². The Morgan fingerprint density at radius 1 is 1.19 bits per heavy atom. The fourth-order valence-electron chi connectivity index (χ4n) is 1.51. The van der Waals surface area contributed by atoms with Crippen molar-refractivity contribution >= 4 is 33.5 Å². The maximum Gasteiger partial charge on any atom is 0.433 e. The monoisotopic (exact) mass is 375 g/mol. The minimum atomic E-state index is -4.54. The van der Waals surface area contributed by atoms with Gasteiger partial charge in [0.25, 0.3) is 0 Å². The Labute approximate surface area is 131 Å². The maximum absolute atomic E-state index is 12.8. The Balaban J connectivity index is 2.49. The summed E-state index contributed by atoms with van der Waals surface area (Å²) in [6, 6.07) is 9.04. The molecule has 0 spiro atoms. The van der Waals surface area contributed by atoms with Crippen molar-refractivity contribution in [1.82, 2.24) is 4.98 Å². The summed E-state index contributed by atoms with van der Waals surface area (Å²) in [7, 11) is 0. The molecule has 0 aliphatic heterocycles. The summed E-state index contributed by atoms with van der Waals surface area (Å²) in [6.45, 7) is 0. The van der Waals surface area contributed by atoms with E-state index in [1.165, 1.54) is 0 Å². The summed E-state index contributed by atoms with van der Waals surface area (Å²) in [5.74, 6) is -0.328. The molecular weight excluding hydrogens is 367 g/mol. The molecule has 8 heteroatoms. The molecule has 21 heavy (non-hydrogen) atoms. The van der Waals surface area contributed by atoms with Crippen LogP contribution >= 0.6 is 27.7 Å². The highest BCUT2D eigenvalue weighted by atomic mass is 79.9. The van der Waals surface area contributed by atoms with E-state index in [1.807, 2.05) is 0 Å². The Hall–Kier alpha value is -1.54. The number of hydrogen-bond acceptors (Lipinski definition) is 3. The van der Waals surface area contributed by atoms with Crippen LogP contribution < -0.4 is 5.73 Å². The lowest BCUT2D eigenvalue weighted by Gasteiger charge is -2.12. The summed E-state index contributed by atoms with van der Waals surface area (Å²) in [5.41, 5.74) is 4.56. The van der Waals surface area contributed by atoms with E-state index in [4.69, 9.17) is 11.1 Å². The number of nitrogen functional groups attached to an aromatic ring is 1. The van der Waals surface area contributed by atoms with Gasteiger partial charge in [-0.15, -0.1) is 0 Å². The first-order valence-corrected chi connectivity index (χ1v) is 7.25. The van der Waals surface area contributed by atoms with Gasteiger partial charge in [-0.25, -0.2) is 4.98 Å². The number of aromatic nitrogens is 1. The molecule has 0 aliphatic carbocycles. The van der Waals surface area contributed by atoms with Crippen LogP contribution in [0, 0.1) is 5.41 Å². The molecule has 110 valence electrons. The number of alkyl halides is 3. The first-order chi connectivity index (χ1) is 9.79. The molecule has 1 aromatic heterocycles. The van der Waals surface area contributed by atoms with Crippen LogP contribution in [0.25, 0.3) is 0 Å². The number of halogens is 4. The van der Waals surface area contributed by atoms with Crippen LogP contribution in [0.4, 0.5) is 13.2 Å². The molecule has 0 saturated carbocycles. The van der Waals surface area contributed by atoms with Crippen molar-refractivity contribution in [1.29, 1.82) is 5.41 Å². The number of nitrogens with two attached hydrogens (primary N) is 1. The van der Waals surface area contributed by atoms with Gasteiger partial charge in [-0.2, -0.15) is 13.2 Å². The molecule has 0 unspecified atom stereocenters. The lowest BCUT2D eigenvalue weighted by atomic mass is 10.2. The number of nitrogens with one attached hydrogen (secondary N) is 1. The third-order valence-electron chi connectivity index (χ3n) is 2.48.